The van der Waals surface area contributed by atoms with Crippen LogP contribution < -0.4 is 5.32 Å². The lowest BCUT2D eigenvalue weighted by Gasteiger charge is -2.27. The first-order valence-electron chi connectivity index (χ1n) is 7.20. The van der Waals surface area contributed by atoms with Gasteiger partial charge in [0.2, 0.25) is 0 Å². The first-order valence-corrected chi connectivity index (χ1v) is 8.08. The van der Waals surface area contributed by atoms with Gasteiger partial charge in [-0.3, -0.25) is 0 Å². The molecule has 0 aliphatic carbocycles. The summed E-state index contributed by atoms with van der Waals surface area (Å²) in [7, 11) is 4.29. The molecule has 0 radical (unpaired) electrons. The Morgan fingerprint density at radius 2 is 1.85 bits per heavy atom. The molecule has 1 aromatic carbocycles. The van der Waals surface area contributed by atoms with Gasteiger partial charge in [0, 0.05) is 23.5 Å². The molecule has 2 rings (SSSR count). The van der Waals surface area contributed by atoms with Crippen LogP contribution in [0.3, 0.4) is 0 Å². The van der Waals surface area contributed by atoms with Gasteiger partial charge >= 0.3 is 0 Å². The lowest BCUT2D eigenvalue weighted by molar-refractivity contribution is 0.279. The number of hydrogen-bond acceptors (Lipinski definition) is 3. The van der Waals surface area contributed by atoms with Crippen LogP contribution in [0.2, 0.25) is 0 Å². The third-order valence-electron chi connectivity index (χ3n) is 3.66. The predicted molar refractivity (Wildman–Crippen MR) is 88.2 cm³/mol. The van der Waals surface area contributed by atoms with Crippen LogP contribution in [0.4, 0.5) is 0 Å². The molecule has 0 aliphatic heterocycles. The summed E-state index contributed by atoms with van der Waals surface area (Å²) in [6.45, 7) is 3.21. The molecule has 1 N–H and O–H groups in total. The van der Waals surface area contributed by atoms with E-state index in [9.17, 15) is 0 Å². The Kier molecular flexibility index (Phi) is 5.77. The molecule has 20 heavy (non-hydrogen) atoms. The summed E-state index contributed by atoms with van der Waals surface area (Å²) in [5, 5.41) is 5.87. The summed E-state index contributed by atoms with van der Waals surface area (Å²) in [5.74, 6) is 0. The van der Waals surface area contributed by atoms with Gasteiger partial charge in [0.15, 0.2) is 0 Å². The van der Waals surface area contributed by atoms with Crippen LogP contribution in [-0.4, -0.2) is 25.5 Å². The SMILES string of the molecule is CCC(NCC(c1ccccc1)N(C)C)c1cccs1. The van der Waals surface area contributed by atoms with Gasteiger partial charge in [0.05, 0.1) is 0 Å². The molecule has 0 aliphatic rings. The molecular weight excluding hydrogens is 264 g/mol. The number of likely N-dealkylation sites (N-methyl/N-ethyl adjacent to an activating group) is 1. The number of rotatable bonds is 7. The van der Waals surface area contributed by atoms with Gasteiger partial charge in [-0.05, 0) is 37.5 Å². The molecule has 0 bridgehead atoms. The highest BCUT2D eigenvalue weighted by Crippen LogP contribution is 2.23. The van der Waals surface area contributed by atoms with E-state index >= 15 is 0 Å². The molecule has 0 saturated carbocycles. The average molecular weight is 288 g/mol. The molecule has 2 aromatic rings. The standard InChI is InChI=1S/C17H24N2S/c1-4-15(17-11-8-12-20-17)18-13-16(19(2)3)14-9-6-5-7-10-14/h5-12,15-16,18H,4,13H2,1-3H3. The summed E-state index contributed by atoms with van der Waals surface area (Å²) in [6.07, 6.45) is 1.12. The van der Waals surface area contributed by atoms with Crippen LogP contribution >= 0.6 is 11.3 Å². The number of thiophene rings is 1. The maximum absolute atomic E-state index is 3.72. The van der Waals surface area contributed by atoms with E-state index in [2.05, 4.69) is 79.1 Å². The number of benzene rings is 1. The summed E-state index contributed by atoms with van der Waals surface area (Å²) in [5.41, 5.74) is 1.37. The van der Waals surface area contributed by atoms with Gasteiger partial charge in [-0.2, -0.15) is 0 Å². The number of hydrogen-bond donors (Lipinski definition) is 1. The molecule has 2 unspecified atom stereocenters. The summed E-state index contributed by atoms with van der Waals surface area (Å²) >= 11 is 1.84. The van der Waals surface area contributed by atoms with E-state index in [0.717, 1.165) is 13.0 Å². The van der Waals surface area contributed by atoms with E-state index in [4.69, 9.17) is 0 Å². The van der Waals surface area contributed by atoms with Crippen molar-refractivity contribution in [1.82, 2.24) is 10.2 Å². The normalized spacial score (nSPS) is 14.4. The zero-order valence-corrected chi connectivity index (χ0v) is 13.4. The molecule has 108 valence electrons. The Bertz CT molecular complexity index is 479. The molecule has 2 atom stereocenters. The van der Waals surface area contributed by atoms with Crippen LogP contribution in [-0.2, 0) is 0 Å². The molecule has 0 spiro atoms. The fourth-order valence-electron chi connectivity index (χ4n) is 2.46. The Balaban J connectivity index is 2.02. The molecule has 3 heteroatoms. The highest BCUT2D eigenvalue weighted by molar-refractivity contribution is 7.10. The van der Waals surface area contributed by atoms with Crippen LogP contribution in [0.15, 0.2) is 47.8 Å². The minimum Gasteiger partial charge on any atom is -0.307 e. The zero-order chi connectivity index (χ0) is 14.4. The van der Waals surface area contributed by atoms with Crippen molar-refractivity contribution < 1.29 is 0 Å². The maximum atomic E-state index is 3.72. The number of nitrogens with zero attached hydrogens (tertiary/aromatic N) is 1. The van der Waals surface area contributed by atoms with Crippen molar-refractivity contribution in [3.63, 3.8) is 0 Å². The van der Waals surface area contributed by atoms with Crippen LogP contribution in [0.5, 0.6) is 0 Å². The van der Waals surface area contributed by atoms with Gasteiger partial charge in [-0.25, -0.2) is 0 Å². The smallest absolute Gasteiger partial charge is 0.0467 e. The van der Waals surface area contributed by atoms with E-state index in [-0.39, 0.29) is 0 Å². The Labute approximate surface area is 126 Å². The Hall–Kier alpha value is -1.16. The van der Waals surface area contributed by atoms with Crippen molar-refractivity contribution in [3.05, 3.63) is 58.3 Å². The monoisotopic (exact) mass is 288 g/mol. The predicted octanol–water partition coefficient (Wildman–Crippen LogP) is 4.09. The first-order chi connectivity index (χ1) is 9.72. The molecule has 1 aromatic heterocycles. The van der Waals surface area contributed by atoms with Crippen molar-refractivity contribution in [2.45, 2.75) is 25.4 Å². The third-order valence-corrected chi connectivity index (χ3v) is 4.65. The van der Waals surface area contributed by atoms with E-state index in [1.807, 2.05) is 11.3 Å². The molecule has 0 fully saturated rings. The first kappa shape index (κ1) is 15.2. The summed E-state index contributed by atoms with van der Waals surface area (Å²) in [4.78, 5) is 3.71. The highest BCUT2D eigenvalue weighted by atomic mass is 32.1. The largest absolute Gasteiger partial charge is 0.307 e. The molecule has 1 heterocycles. The zero-order valence-electron chi connectivity index (χ0n) is 12.5. The van der Waals surface area contributed by atoms with Gasteiger partial charge in [-0.1, -0.05) is 43.3 Å². The van der Waals surface area contributed by atoms with Crippen LogP contribution in [0.25, 0.3) is 0 Å². The minimum absolute atomic E-state index is 0.408. The second-order valence-corrected chi connectivity index (χ2v) is 6.25. The van der Waals surface area contributed by atoms with Crippen LogP contribution in [0.1, 0.15) is 35.9 Å². The number of nitrogens with one attached hydrogen (secondary N) is 1. The van der Waals surface area contributed by atoms with Gasteiger partial charge in [0.1, 0.15) is 0 Å². The van der Waals surface area contributed by atoms with E-state index < -0.39 is 0 Å². The van der Waals surface area contributed by atoms with Crippen molar-refractivity contribution in [2.75, 3.05) is 20.6 Å². The topological polar surface area (TPSA) is 15.3 Å². The van der Waals surface area contributed by atoms with Crippen molar-refractivity contribution >= 4 is 11.3 Å². The van der Waals surface area contributed by atoms with Gasteiger partial charge in [0.25, 0.3) is 0 Å². The quantitative estimate of drug-likeness (QED) is 0.825. The molecule has 2 nitrogen and oxygen atoms in total. The van der Waals surface area contributed by atoms with Gasteiger partial charge < -0.3 is 10.2 Å². The maximum Gasteiger partial charge on any atom is 0.0467 e. The minimum atomic E-state index is 0.408. The molecule has 0 saturated heterocycles. The second-order valence-electron chi connectivity index (χ2n) is 5.27. The van der Waals surface area contributed by atoms with E-state index in [1.165, 1.54) is 10.4 Å². The fourth-order valence-corrected chi connectivity index (χ4v) is 3.35. The van der Waals surface area contributed by atoms with Crippen molar-refractivity contribution in [3.8, 4) is 0 Å². The van der Waals surface area contributed by atoms with Gasteiger partial charge in [-0.15, -0.1) is 11.3 Å². The summed E-state index contributed by atoms with van der Waals surface area (Å²) in [6, 6.07) is 15.9. The third kappa shape index (κ3) is 3.92. The highest BCUT2D eigenvalue weighted by Gasteiger charge is 2.16. The second kappa shape index (κ2) is 7.58. The van der Waals surface area contributed by atoms with Crippen LogP contribution in [0, 0.1) is 0 Å². The Morgan fingerprint density at radius 3 is 2.40 bits per heavy atom. The lowest BCUT2D eigenvalue weighted by Crippen LogP contribution is -2.32. The summed E-state index contributed by atoms with van der Waals surface area (Å²) < 4.78 is 0. The van der Waals surface area contributed by atoms with Crippen molar-refractivity contribution in [2.24, 2.45) is 0 Å². The van der Waals surface area contributed by atoms with E-state index in [0.29, 0.717) is 12.1 Å². The lowest BCUT2D eigenvalue weighted by atomic mass is 10.1. The molecular formula is C17H24N2S. The average Bonchev–Trinajstić information content (AvgIpc) is 2.98. The fraction of sp³-hybridized carbons (Fsp3) is 0.412. The Morgan fingerprint density at radius 1 is 1.10 bits per heavy atom. The van der Waals surface area contributed by atoms with E-state index in [1.54, 1.807) is 0 Å². The molecule has 0 amide bonds. The van der Waals surface area contributed by atoms with Crippen molar-refractivity contribution in [1.29, 1.82) is 0 Å².